The summed E-state index contributed by atoms with van der Waals surface area (Å²) in [7, 11) is 0. The van der Waals surface area contributed by atoms with Crippen molar-refractivity contribution >= 4 is 29.8 Å². The Morgan fingerprint density at radius 1 is 1.60 bits per heavy atom. The third-order valence-corrected chi connectivity index (χ3v) is 2.50. The smallest absolute Gasteiger partial charge is 0.224 e. The maximum absolute atomic E-state index is 5.66. The van der Waals surface area contributed by atoms with Crippen LogP contribution in [0.15, 0.2) is 12.3 Å². The Hall–Kier alpha value is -0.580. The van der Waals surface area contributed by atoms with E-state index < -0.39 is 0 Å². The molecule has 1 aromatic heterocycles. The van der Waals surface area contributed by atoms with Gasteiger partial charge in [-0.2, -0.15) is 0 Å². The van der Waals surface area contributed by atoms with E-state index in [1.54, 1.807) is 6.20 Å². The molecule has 1 aromatic rings. The van der Waals surface area contributed by atoms with E-state index in [9.17, 15) is 0 Å². The van der Waals surface area contributed by atoms with Gasteiger partial charge >= 0.3 is 0 Å². The first-order chi connectivity index (χ1) is 6.84. The minimum absolute atomic E-state index is 0. The summed E-state index contributed by atoms with van der Waals surface area (Å²) in [5.74, 6) is 0.790. The largest absolute Gasteiger partial charge is 0.368 e. The second-order valence-corrected chi connectivity index (χ2v) is 3.72. The van der Waals surface area contributed by atoms with Gasteiger partial charge in [0.2, 0.25) is 5.28 Å². The van der Waals surface area contributed by atoms with Crippen LogP contribution in [0, 0.1) is 0 Å². The zero-order valence-corrected chi connectivity index (χ0v) is 9.81. The van der Waals surface area contributed by atoms with Gasteiger partial charge in [-0.3, -0.25) is 0 Å². The Balaban J connectivity index is 0.00000112. The van der Waals surface area contributed by atoms with Gasteiger partial charge < -0.3 is 10.6 Å². The van der Waals surface area contributed by atoms with Gasteiger partial charge in [0, 0.05) is 18.8 Å². The molecule has 1 fully saturated rings. The van der Waals surface area contributed by atoms with Crippen LogP contribution in [0.3, 0.4) is 0 Å². The molecular weight excluding hydrogens is 235 g/mol. The monoisotopic (exact) mass is 248 g/mol. The van der Waals surface area contributed by atoms with Crippen molar-refractivity contribution < 1.29 is 0 Å². The van der Waals surface area contributed by atoms with E-state index in [4.69, 9.17) is 11.6 Å². The fourth-order valence-electron chi connectivity index (χ4n) is 1.59. The molecule has 1 atom stereocenters. The maximum Gasteiger partial charge on any atom is 0.224 e. The molecule has 1 aliphatic rings. The molecule has 2 heterocycles. The van der Waals surface area contributed by atoms with Crippen molar-refractivity contribution in [2.75, 3.05) is 18.4 Å². The summed E-state index contributed by atoms with van der Waals surface area (Å²) in [5, 5.41) is 6.92. The van der Waals surface area contributed by atoms with E-state index in [1.165, 1.54) is 12.8 Å². The van der Waals surface area contributed by atoms with Gasteiger partial charge in [-0.1, -0.05) is 0 Å². The molecule has 0 amide bonds. The van der Waals surface area contributed by atoms with E-state index in [0.29, 0.717) is 6.04 Å². The van der Waals surface area contributed by atoms with Crippen molar-refractivity contribution in [3.8, 4) is 0 Å². The van der Waals surface area contributed by atoms with Crippen molar-refractivity contribution in [2.45, 2.75) is 18.9 Å². The lowest BCUT2D eigenvalue weighted by molar-refractivity contribution is 0.632. The predicted octanol–water partition coefficient (Wildman–Crippen LogP) is 1.72. The van der Waals surface area contributed by atoms with Gasteiger partial charge in [0.15, 0.2) is 0 Å². The van der Waals surface area contributed by atoms with Crippen LogP contribution in [0.4, 0.5) is 5.82 Å². The minimum Gasteiger partial charge on any atom is -0.368 e. The zero-order chi connectivity index (χ0) is 9.80. The molecule has 1 aliphatic heterocycles. The van der Waals surface area contributed by atoms with E-state index >= 15 is 0 Å². The maximum atomic E-state index is 5.66. The summed E-state index contributed by atoms with van der Waals surface area (Å²) >= 11 is 5.66. The van der Waals surface area contributed by atoms with Crippen molar-refractivity contribution in [2.24, 2.45) is 0 Å². The van der Waals surface area contributed by atoms with Gasteiger partial charge in [-0.05, 0) is 37.1 Å². The highest BCUT2D eigenvalue weighted by molar-refractivity contribution is 6.28. The van der Waals surface area contributed by atoms with Crippen molar-refractivity contribution in [3.05, 3.63) is 17.5 Å². The van der Waals surface area contributed by atoms with Crippen LogP contribution < -0.4 is 10.6 Å². The van der Waals surface area contributed by atoms with E-state index in [-0.39, 0.29) is 17.7 Å². The second kappa shape index (κ2) is 6.10. The topological polar surface area (TPSA) is 49.8 Å². The Labute approximate surface area is 100 Å². The number of nitrogens with zero attached hydrogens (tertiary/aromatic N) is 2. The Bertz CT molecular complexity index is 302. The molecule has 1 saturated heterocycles. The van der Waals surface area contributed by atoms with Gasteiger partial charge in [0.25, 0.3) is 0 Å². The summed E-state index contributed by atoms with van der Waals surface area (Å²) < 4.78 is 0. The SMILES string of the molecule is Cl.Clc1nccc(NCC2CCCN2)n1. The van der Waals surface area contributed by atoms with Crippen LogP contribution >= 0.6 is 24.0 Å². The van der Waals surface area contributed by atoms with Crippen LogP contribution in [0.5, 0.6) is 0 Å². The van der Waals surface area contributed by atoms with E-state index in [0.717, 1.165) is 18.9 Å². The first-order valence-electron chi connectivity index (χ1n) is 4.80. The summed E-state index contributed by atoms with van der Waals surface area (Å²) in [4.78, 5) is 7.87. The molecular formula is C9H14Cl2N4. The highest BCUT2D eigenvalue weighted by atomic mass is 35.5. The molecule has 4 nitrogen and oxygen atoms in total. The lowest BCUT2D eigenvalue weighted by Gasteiger charge is -2.11. The molecule has 15 heavy (non-hydrogen) atoms. The number of hydrogen-bond acceptors (Lipinski definition) is 4. The number of aromatic nitrogens is 2. The number of anilines is 1. The third-order valence-electron chi connectivity index (χ3n) is 2.32. The van der Waals surface area contributed by atoms with Crippen LogP contribution in [-0.2, 0) is 0 Å². The molecule has 0 aliphatic carbocycles. The van der Waals surface area contributed by atoms with Crippen LogP contribution in [0.25, 0.3) is 0 Å². The third kappa shape index (κ3) is 3.81. The molecule has 84 valence electrons. The Morgan fingerprint density at radius 2 is 2.47 bits per heavy atom. The van der Waals surface area contributed by atoms with Gasteiger partial charge in [0.1, 0.15) is 5.82 Å². The first-order valence-corrected chi connectivity index (χ1v) is 5.18. The molecule has 0 aromatic carbocycles. The van der Waals surface area contributed by atoms with Gasteiger partial charge in [-0.25, -0.2) is 9.97 Å². The summed E-state index contributed by atoms with van der Waals surface area (Å²) in [6, 6.07) is 2.38. The van der Waals surface area contributed by atoms with Crippen LogP contribution in [0.1, 0.15) is 12.8 Å². The average molecular weight is 249 g/mol. The normalized spacial score (nSPS) is 19.7. The first kappa shape index (κ1) is 12.5. The average Bonchev–Trinajstić information content (AvgIpc) is 2.67. The number of halogens is 2. The molecule has 0 spiro atoms. The number of rotatable bonds is 3. The molecule has 2 rings (SSSR count). The standard InChI is InChI=1S/C9H13ClN4.ClH/c10-9-12-5-3-8(14-9)13-6-7-2-1-4-11-7;/h3,5,7,11H,1-2,4,6H2,(H,12,13,14);1H. The molecule has 0 bridgehead atoms. The van der Waals surface area contributed by atoms with Crippen molar-refractivity contribution in [1.82, 2.24) is 15.3 Å². The highest BCUT2D eigenvalue weighted by Crippen LogP contribution is 2.08. The summed E-state index contributed by atoms with van der Waals surface area (Å²) in [5.41, 5.74) is 0. The molecule has 6 heteroatoms. The predicted molar refractivity (Wildman–Crippen MR) is 63.8 cm³/mol. The number of nitrogens with one attached hydrogen (secondary N) is 2. The molecule has 0 radical (unpaired) electrons. The summed E-state index contributed by atoms with van der Waals surface area (Å²) in [6.45, 7) is 2.02. The lowest BCUT2D eigenvalue weighted by Crippen LogP contribution is -2.29. The molecule has 2 N–H and O–H groups in total. The van der Waals surface area contributed by atoms with Crippen molar-refractivity contribution in [1.29, 1.82) is 0 Å². The fourth-order valence-corrected chi connectivity index (χ4v) is 1.74. The van der Waals surface area contributed by atoms with Gasteiger partial charge in [-0.15, -0.1) is 12.4 Å². The Kier molecular flexibility index (Phi) is 5.08. The van der Waals surface area contributed by atoms with Crippen LogP contribution in [-0.4, -0.2) is 29.1 Å². The Morgan fingerprint density at radius 3 is 3.13 bits per heavy atom. The second-order valence-electron chi connectivity index (χ2n) is 3.39. The minimum atomic E-state index is 0. The van der Waals surface area contributed by atoms with Gasteiger partial charge in [0.05, 0.1) is 0 Å². The zero-order valence-electron chi connectivity index (χ0n) is 8.24. The quantitative estimate of drug-likeness (QED) is 0.801. The van der Waals surface area contributed by atoms with E-state index in [2.05, 4.69) is 20.6 Å². The van der Waals surface area contributed by atoms with E-state index in [1.807, 2.05) is 6.07 Å². The lowest BCUT2D eigenvalue weighted by atomic mass is 10.2. The highest BCUT2D eigenvalue weighted by Gasteiger charge is 2.13. The summed E-state index contributed by atoms with van der Waals surface area (Å²) in [6.07, 6.45) is 4.14. The fraction of sp³-hybridized carbons (Fsp3) is 0.556. The molecule has 0 saturated carbocycles. The van der Waals surface area contributed by atoms with Crippen molar-refractivity contribution in [3.63, 3.8) is 0 Å². The molecule has 1 unspecified atom stereocenters. The number of hydrogen-bond donors (Lipinski definition) is 2. The van der Waals surface area contributed by atoms with Crippen LogP contribution in [0.2, 0.25) is 5.28 Å².